The molecule has 3 N–H and O–H groups in total. The molecule has 1 saturated carbocycles. The lowest BCUT2D eigenvalue weighted by Gasteiger charge is -2.26. The Labute approximate surface area is 153 Å². The Morgan fingerprint density at radius 1 is 1.04 bits per heavy atom. The maximum absolute atomic E-state index is 12.3. The monoisotopic (exact) mass is 361 g/mol. The van der Waals surface area contributed by atoms with Crippen molar-refractivity contribution in [3.05, 3.63) is 29.8 Å². The summed E-state index contributed by atoms with van der Waals surface area (Å²) < 4.78 is 0. The molecule has 7 heteroatoms. The zero-order valence-corrected chi connectivity index (χ0v) is 15.3. The Bertz CT molecular complexity index is 633. The predicted octanol–water partition coefficient (Wildman–Crippen LogP) is 2.93. The summed E-state index contributed by atoms with van der Waals surface area (Å²) in [4.78, 5) is 37.1. The minimum absolute atomic E-state index is 0.00545. The summed E-state index contributed by atoms with van der Waals surface area (Å²) >= 11 is 0. The van der Waals surface area contributed by atoms with Crippen molar-refractivity contribution in [2.45, 2.75) is 45.6 Å². The van der Waals surface area contributed by atoms with Gasteiger partial charge in [0.05, 0.1) is 5.92 Å². The summed E-state index contributed by atoms with van der Waals surface area (Å²) in [6.07, 6.45) is 2.51. The number of aliphatic carboxylic acids is 1. The van der Waals surface area contributed by atoms with Crippen LogP contribution in [0, 0.1) is 5.92 Å². The van der Waals surface area contributed by atoms with E-state index in [4.69, 9.17) is 5.11 Å². The summed E-state index contributed by atoms with van der Waals surface area (Å²) in [5.41, 5.74) is 1.20. The van der Waals surface area contributed by atoms with E-state index in [-0.39, 0.29) is 23.9 Å². The molecule has 0 heterocycles. The topological polar surface area (TPSA) is 98.7 Å². The van der Waals surface area contributed by atoms with Gasteiger partial charge in [-0.15, -0.1) is 0 Å². The van der Waals surface area contributed by atoms with Gasteiger partial charge in [0.2, 0.25) is 0 Å². The van der Waals surface area contributed by atoms with Crippen LogP contribution in [0.2, 0.25) is 0 Å². The first-order valence-corrected chi connectivity index (χ1v) is 9.14. The minimum Gasteiger partial charge on any atom is -0.481 e. The third-order valence-electron chi connectivity index (χ3n) is 4.85. The number of carbonyl (C=O) groups is 3. The van der Waals surface area contributed by atoms with Crippen LogP contribution >= 0.6 is 0 Å². The zero-order valence-electron chi connectivity index (χ0n) is 15.3. The highest BCUT2D eigenvalue weighted by Gasteiger charge is 2.26. The highest BCUT2D eigenvalue weighted by atomic mass is 16.4. The zero-order chi connectivity index (χ0) is 19.1. The van der Waals surface area contributed by atoms with Crippen LogP contribution in [-0.2, 0) is 4.79 Å². The summed E-state index contributed by atoms with van der Waals surface area (Å²) in [7, 11) is 0. The molecule has 0 radical (unpaired) electrons. The van der Waals surface area contributed by atoms with Crippen molar-refractivity contribution < 1.29 is 19.5 Å². The lowest BCUT2D eigenvalue weighted by atomic mass is 9.86. The molecule has 1 fully saturated rings. The number of benzene rings is 1. The number of nitrogens with zero attached hydrogens (tertiary/aromatic N) is 1. The van der Waals surface area contributed by atoms with Gasteiger partial charge in [-0.3, -0.25) is 9.59 Å². The van der Waals surface area contributed by atoms with E-state index in [0.717, 1.165) is 0 Å². The Morgan fingerprint density at radius 3 is 2.12 bits per heavy atom. The molecule has 0 spiro atoms. The van der Waals surface area contributed by atoms with Crippen molar-refractivity contribution in [1.29, 1.82) is 0 Å². The largest absolute Gasteiger partial charge is 0.481 e. The number of anilines is 1. The molecule has 7 nitrogen and oxygen atoms in total. The smallest absolute Gasteiger partial charge is 0.319 e. The molecule has 26 heavy (non-hydrogen) atoms. The number of carboxylic acids is 1. The summed E-state index contributed by atoms with van der Waals surface area (Å²) in [6.45, 7) is 5.18. The number of hydrogen-bond donors (Lipinski definition) is 3. The second-order valence-electron chi connectivity index (χ2n) is 6.54. The van der Waals surface area contributed by atoms with E-state index in [1.54, 1.807) is 29.2 Å². The van der Waals surface area contributed by atoms with Crippen molar-refractivity contribution in [2.75, 3.05) is 18.4 Å². The maximum atomic E-state index is 12.3. The third-order valence-corrected chi connectivity index (χ3v) is 4.85. The van der Waals surface area contributed by atoms with Crippen LogP contribution in [0.3, 0.4) is 0 Å². The van der Waals surface area contributed by atoms with Gasteiger partial charge in [0.1, 0.15) is 0 Å². The highest BCUT2D eigenvalue weighted by molar-refractivity contribution is 5.95. The highest BCUT2D eigenvalue weighted by Crippen LogP contribution is 2.24. The third kappa shape index (κ3) is 5.21. The summed E-state index contributed by atoms with van der Waals surface area (Å²) in [5, 5.41) is 14.6. The van der Waals surface area contributed by atoms with Crippen molar-refractivity contribution in [3.63, 3.8) is 0 Å². The first-order chi connectivity index (χ1) is 12.4. The number of nitrogens with one attached hydrogen (secondary N) is 2. The van der Waals surface area contributed by atoms with Crippen molar-refractivity contribution in [1.82, 2.24) is 10.2 Å². The van der Waals surface area contributed by atoms with Crippen LogP contribution in [0.25, 0.3) is 0 Å². The molecule has 0 unspecified atom stereocenters. The predicted molar refractivity (Wildman–Crippen MR) is 99.2 cm³/mol. The Kier molecular flexibility index (Phi) is 7.00. The Hall–Kier alpha value is -2.57. The molecule has 3 amide bonds. The quantitative estimate of drug-likeness (QED) is 0.725. The van der Waals surface area contributed by atoms with Gasteiger partial charge in [-0.2, -0.15) is 0 Å². The van der Waals surface area contributed by atoms with Crippen LogP contribution in [0.1, 0.15) is 49.9 Å². The molecule has 1 aromatic carbocycles. The van der Waals surface area contributed by atoms with Gasteiger partial charge in [0, 0.05) is 30.4 Å². The molecular weight excluding hydrogens is 334 g/mol. The second kappa shape index (κ2) is 9.22. The second-order valence-corrected chi connectivity index (χ2v) is 6.54. The molecule has 0 aliphatic heterocycles. The molecule has 1 aromatic rings. The van der Waals surface area contributed by atoms with E-state index in [1.165, 1.54) is 0 Å². The minimum atomic E-state index is -0.757. The van der Waals surface area contributed by atoms with Gasteiger partial charge < -0.3 is 20.6 Å². The number of rotatable bonds is 6. The van der Waals surface area contributed by atoms with E-state index < -0.39 is 5.97 Å². The fourth-order valence-electron chi connectivity index (χ4n) is 3.23. The average Bonchev–Trinajstić information content (AvgIpc) is 2.63. The molecule has 2 rings (SSSR count). The van der Waals surface area contributed by atoms with E-state index in [1.807, 2.05) is 13.8 Å². The van der Waals surface area contributed by atoms with Gasteiger partial charge in [0.25, 0.3) is 5.91 Å². The molecule has 142 valence electrons. The van der Waals surface area contributed by atoms with Crippen molar-refractivity contribution in [2.24, 2.45) is 5.92 Å². The van der Waals surface area contributed by atoms with Gasteiger partial charge in [-0.25, -0.2) is 4.79 Å². The molecule has 0 saturated heterocycles. The standard InChI is InChI=1S/C19H27N3O4/c1-3-22(4-2)17(23)13-5-9-15(10-6-13)20-19(26)21-16-11-7-14(8-12-16)18(24)25/h5-6,9-10,14,16H,3-4,7-8,11-12H2,1-2H3,(H,24,25)(H2,20,21,26). The normalized spacial score (nSPS) is 19.5. The number of carboxylic acid groups (broad SMARTS) is 1. The first-order valence-electron chi connectivity index (χ1n) is 9.14. The van der Waals surface area contributed by atoms with E-state index >= 15 is 0 Å². The molecule has 0 atom stereocenters. The fourth-order valence-corrected chi connectivity index (χ4v) is 3.23. The van der Waals surface area contributed by atoms with Gasteiger partial charge in [-0.05, 0) is 63.8 Å². The first kappa shape index (κ1) is 19.8. The summed E-state index contributed by atoms with van der Waals surface area (Å²) in [6, 6.07) is 6.50. The van der Waals surface area contributed by atoms with Crippen LogP contribution in [-0.4, -0.2) is 47.0 Å². The Morgan fingerprint density at radius 2 is 1.62 bits per heavy atom. The molecule has 1 aliphatic carbocycles. The van der Waals surface area contributed by atoms with Crippen LogP contribution in [0.5, 0.6) is 0 Å². The van der Waals surface area contributed by atoms with Crippen LogP contribution < -0.4 is 10.6 Å². The SMILES string of the molecule is CCN(CC)C(=O)c1ccc(NC(=O)NC2CCC(C(=O)O)CC2)cc1. The molecule has 1 aliphatic rings. The number of urea groups is 1. The Balaban J connectivity index is 1.84. The van der Waals surface area contributed by atoms with E-state index in [0.29, 0.717) is 50.0 Å². The average molecular weight is 361 g/mol. The summed E-state index contributed by atoms with van der Waals surface area (Å²) in [5.74, 6) is -1.08. The number of carbonyl (C=O) groups excluding carboxylic acids is 2. The lowest BCUT2D eigenvalue weighted by Crippen LogP contribution is -2.41. The molecule has 0 aromatic heterocycles. The van der Waals surface area contributed by atoms with Crippen LogP contribution in [0.15, 0.2) is 24.3 Å². The lowest BCUT2D eigenvalue weighted by molar-refractivity contribution is -0.142. The van der Waals surface area contributed by atoms with E-state index in [9.17, 15) is 14.4 Å². The molecular formula is C19H27N3O4. The van der Waals surface area contributed by atoms with Crippen molar-refractivity contribution >= 4 is 23.6 Å². The fraction of sp³-hybridized carbons (Fsp3) is 0.526. The number of hydrogen-bond acceptors (Lipinski definition) is 3. The van der Waals surface area contributed by atoms with Crippen LogP contribution in [0.4, 0.5) is 10.5 Å². The number of amides is 3. The van der Waals surface area contributed by atoms with Gasteiger partial charge in [0.15, 0.2) is 0 Å². The van der Waals surface area contributed by atoms with E-state index in [2.05, 4.69) is 10.6 Å². The van der Waals surface area contributed by atoms with Gasteiger partial charge in [-0.1, -0.05) is 0 Å². The molecule has 0 bridgehead atoms. The van der Waals surface area contributed by atoms with Gasteiger partial charge >= 0.3 is 12.0 Å². The maximum Gasteiger partial charge on any atom is 0.319 e. The van der Waals surface area contributed by atoms with Crippen molar-refractivity contribution in [3.8, 4) is 0 Å².